The summed E-state index contributed by atoms with van der Waals surface area (Å²) in [4.78, 5) is 0. The van der Waals surface area contributed by atoms with Gasteiger partial charge in [0.1, 0.15) is 5.75 Å². The fourth-order valence-corrected chi connectivity index (χ4v) is 1.34. The minimum atomic E-state index is -4.61. The third-order valence-corrected chi connectivity index (χ3v) is 2.24. The van der Waals surface area contributed by atoms with Gasteiger partial charge < -0.3 is 10.5 Å². The number of benzene rings is 1. The van der Waals surface area contributed by atoms with Crippen molar-refractivity contribution in [2.24, 2.45) is 5.73 Å². The molecule has 1 aromatic carbocycles. The molecule has 0 heterocycles. The zero-order chi connectivity index (χ0) is 13.8. The molecule has 0 fully saturated rings. The molecule has 0 aliphatic carbocycles. The Bertz CT molecular complexity index is 385. The van der Waals surface area contributed by atoms with Crippen LogP contribution < -0.4 is 10.5 Å². The predicted octanol–water partition coefficient (Wildman–Crippen LogP) is 3.28. The highest BCUT2D eigenvalue weighted by atomic mass is 19.3. The predicted molar refractivity (Wildman–Crippen MR) is 55.5 cm³/mol. The van der Waals surface area contributed by atoms with Gasteiger partial charge in [0.05, 0.1) is 6.67 Å². The van der Waals surface area contributed by atoms with E-state index >= 15 is 0 Å². The van der Waals surface area contributed by atoms with Crippen LogP contribution in [-0.4, -0.2) is 19.2 Å². The Hall–Kier alpha value is -1.37. The van der Waals surface area contributed by atoms with Crippen molar-refractivity contribution >= 4 is 0 Å². The SMILES string of the molecule is N[C@@H](CCF)c1ccccc1OC(F)(F)C(F)F. The van der Waals surface area contributed by atoms with E-state index in [1.807, 2.05) is 0 Å². The summed E-state index contributed by atoms with van der Waals surface area (Å²) in [6, 6.07) is 4.34. The third kappa shape index (κ3) is 3.56. The minimum absolute atomic E-state index is 0.0653. The van der Waals surface area contributed by atoms with Gasteiger partial charge in [-0.05, 0) is 12.5 Å². The van der Waals surface area contributed by atoms with E-state index in [1.165, 1.54) is 18.2 Å². The van der Waals surface area contributed by atoms with Gasteiger partial charge in [-0.25, -0.2) is 0 Å². The molecule has 18 heavy (non-hydrogen) atoms. The number of halogens is 5. The molecule has 2 N–H and O–H groups in total. The first-order valence-electron chi connectivity index (χ1n) is 5.14. The smallest absolute Gasteiger partial charge is 0.428 e. The Morgan fingerprint density at radius 1 is 1.22 bits per heavy atom. The Balaban J connectivity index is 2.95. The first kappa shape index (κ1) is 14.7. The van der Waals surface area contributed by atoms with Crippen molar-refractivity contribution in [3.63, 3.8) is 0 Å². The number of para-hydroxylation sites is 1. The normalized spacial score (nSPS) is 13.7. The Morgan fingerprint density at radius 2 is 1.83 bits per heavy atom. The maximum atomic E-state index is 12.8. The van der Waals surface area contributed by atoms with E-state index in [-0.39, 0.29) is 12.0 Å². The lowest BCUT2D eigenvalue weighted by Gasteiger charge is -2.21. The van der Waals surface area contributed by atoms with Crippen molar-refractivity contribution in [3.05, 3.63) is 29.8 Å². The number of nitrogens with two attached hydrogens (primary N) is 1. The minimum Gasteiger partial charge on any atom is -0.428 e. The average molecular weight is 269 g/mol. The van der Waals surface area contributed by atoms with Crippen LogP contribution in [0.1, 0.15) is 18.0 Å². The van der Waals surface area contributed by atoms with E-state index in [4.69, 9.17) is 5.73 Å². The highest BCUT2D eigenvalue weighted by molar-refractivity contribution is 5.36. The van der Waals surface area contributed by atoms with Crippen LogP contribution in [0.25, 0.3) is 0 Å². The van der Waals surface area contributed by atoms with Gasteiger partial charge >= 0.3 is 12.5 Å². The van der Waals surface area contributed by atoms with E-state index in [2.05, 4.69) is 4.74 Å². The van der Waals surface area contributed by atoms with E-state index in [1.54, 1.807) is 0 Å². The first-order valence-corrected chi connectivity index (χ1v) is 5.14. The highest BCUT2D eigenvalue weighted by Crippen LogP contribution is 2.32. The van der Waals surface area contributed by atoms with Crippen LogP contribution in [0.15, 0.2) is 24.3 Å². The fourth-order valence-electron chi connectivity index (χ4n) is 1.34. The van der Waals surface area contributed by atoms with Crippen molar-refractivity contribution in [2.75, 3.05) is 6.67 Å². The summed E-state index contributed by atoms with van der Waals surface area (Å²) in [6.45, 7) is -0.749. The molecule has 0 aromatic heterocycles. The van der Waals surface area contributed by atoms with Crippen LogP contribution in [0, 0.1) is 0 Å². The lowest BCUT2D eigenvalue weighted by Crippen LogP contribution is -2.34. The third-order valence-electron chi connectivity index (χ3n) is 2.24. The zero-order valence-electron chi connectivity index (χ0n) is 9.25. The molecule has 7 heteroatoms. The second-order valence-corrected chi connectivity index (χ2v) is 3.59. The van der Waals surface area contributed by atoms with Crippen molar-refractivity contribution in [3.8, 4) is 5.75 Å². The molecule has 0 radical (unpaired) electrons. The molecule has 0 bridgehead atoms. The molecule has 2 nitrogen and oxygen atoms in total. The number of alkyl halides is 5. The Labute approximate surface area is 101 Å². The number of hydrogen-bond acceptors (Lipinski definition) is 2. The van der Waals surface area contributed by atoms with Crippen molar-refractivity contribution in [2.45, 2.75) is 25.0 Å². The van der Waals surface area contributed by atoms with E-state index in [0.29, 0.717) is 0 Å². The molecule has 1 rings (SSSR count). The summed E-state index contributed by atoms with van der Waals surface area (Å²) >= 11 is 0. The second kappa shape index (κ2) is 5.99. The molecule has 0 unspecified atom stereocenters. The molecule has 102 valence electrons. The monoisotopic (exact) mass is 269 g/mol. The number of ether oxygens (including phenoxy) is 1. The molecular formula is C11H12F5NO. The summed E-state index contributed by atoms with van der Waals surface area (Å²) in [6.07, 6.45) is -8.67. The molecule has 0 saturated heterocycles. The van der Waals surface area contributed by atoms with Crippen molar-refractivity contribution < 1.29 is 26.7 Å². The van der Waals surface area contributed by atoms with Crippen LogP contribution in [0.2, 0.25) is 0 Å². The summed E-state index contributed by atoms with van der Waals surface area (Å²) in [5, 5.41) is 0. The molecular weight excluding hydrogens is 257 g/mol. The van der Waals surface area contributed by atoms with Gasteiger partial charge in [0.2, 0.25) is 0 Å². The fraction of sp³-hybridized carbons (Fsp3) is 0.455. The quantitative estimate of drug-likeness (QED) is 0.804. The lowest BCUT2D eigenvalue weighted by atomic mass is 10.0. The molecule has 0 spiro atoms. The summed E-state index contributed by atoms with van der Waals surface area (Å²) in [5.41, 5.74) is 5.61. The Kier molecular flexibility index (Phi) is 4.89. The van der Waals surface area contributed by atoms with Gasteiger partial charge in [-0.2, -0.15) is 17.6 Å². The largest absolute Gasteiger partial charge is 0.461 e. The average Bonchev–Trinajstić information content (AvgIpc) is 2.29. The van der Waals surface area contributed by atoms with Gasteiger partial charge in [0.15, 0.2) is 0 Å². The van der Waals surface area contributed by atoms with E-state index in [0.717, 1.165) is 6.07 Å². The molecule has 1 atom stereocenters. The zero-order valence-corrected chi connectivity index (χ0v) is 9.25. The Morgan fingerprint density at radius 3 is 2.39 bits per heavy atom. The number of rotatable bonds is 6. The lowest BCUT2D eigenvalue weighted by molar-refractivity contribution is -0.253. The standard InChI is InChI=1S/C11H12F5NO/c12-6-5-8(17)7-3-1-2-4-9(7)18-11(15,16)10(13)14/h1-4,8,10H,5-6,17H2/t8-/m0/s1. The van der Waals surface area contributed by atoms with Gasteiger partial charge in [-0.3, -0.25) is 4.39 Å². The summed E-state index contributed by atoms with van der Waals surface area (Å²) in [7, 11) is 0. The van der Waals surface area contributed by atoms with Crippen LogP contribution in [0.5, 0.6) is 5.75 Å². The van der Waals surface area contributed by atoms with Crippen molar-refractivity contribution in [1.29, 1.82) is 0 Å². The van der Waals surface area contributed by atoms with Gasteiger partial charge in [0, 0.05) is 11.6 Å². The van der Waals surface area contributed by atoms with Crippen LogP contribution >= 0.6 is 0 Å². The van der Waals surface area contributed by atoms with Gasteiger partial charge in [-0.1, -0.05) is 18.2 Å². The second-order valence-electron chi connectivity index (χ2n) is 3.59. The summed E-state index contributed by atoms with van der Waals surface area (Å²) in [5.74, 6) is -0.469. The van der Waals surface area contributed by atoms with Gasteiger partial charge in [-0.15, -0.1) is 0 Å². The van der Waals surface area contributed by atoms with E-state index in [9.17, 15) is 22.0 Å². The van der Waals surface area contributed by atoms with Crippen molar-refractivity contribution in [1.82, 2.24) is 0 Å². The topological polar surface area (TPSA) is 35.2 Å². The van der Waals surface area contributed by atoms with Crippen LogP contribution in [0.3, 0.4) is 0 Å². The molecule has 0 aliphatic heterocycles. The van der Waals surface area contributed by atoms with E-state index < -0.39 is 31.0 Å². The molecule has 0 amide bonds. The summed E-state index contributed by atoms with van der Waals surface area (Å²) < 4.78 is 65.7. The molecule has 0 aliphatic rings. The highest BCUT2D eigenvalue weighted by Gasteiger charge is 2.44. The van der Waals surface area contributed by atoms with Gasteiger partial charge in [0.25, 0.3) is 0 Å². The molecule has 1 aromatic rings. The number of hydrogen-bond donors (Lipinski definition) is 1. The first-order chi connectivity index (χ1) is 8.38. The maximum Gasteiger partial charge on any atom is 0.461 e. The maximum absolute atomic E-state index is 12.8. The van der Waals surface area contributed by atoms with Crippen LogP contribution in [0.4, 0.5) is 22.0 Å². The molecule has 0 saturated carbocycles. The van der Waals surface area contributed by atoms with Crippen LogP contribution in [-0.2, 0) is 0 Å².